The SMILES string of the molecule is Cc1nc2cc(F)ccc2n1CCC(C)N1CCN(c2ccc(F)cc2)CC1. The molecule has 1 atom stereocenters. The van der Waals surface area contributed by atoms with Crippen molar-refractivity contribution < 1.29 is 8.78 Å². The summed E-state index contributed by atoms with van der Waals surface area (Å²) in [4.78, 5) is 9.31. The lowest BCUT2D eigenvalue weighted by molar-refractivity contribution is 0.184. The van der Waals surface area contributed by atoms with Crippen molar-refractivity contribution in [1.29, 1.82) is 0 Å². The number of aromatic nitrogens is 2. The molecule has 1 unspecified atom stereocenters. The van der Waals surface area contributed by atoms with Crippen LogP contribution in [-0.2, 0) is 6.54 Å². The van der Waals surface area contributed by atoms with Gasteiger partial charge in [0, 0.05) is 50.5 Å². The van der Waals surface area contributed by atoms with Crippen molar-refractivity contribution in [2.75, 3.05) is 31.1 Å². The second-order valence-electron chi connectivity index (χ2n) is 7.58. The highest BCUT2D eigenvalue weighted by atomic mass is 19.1. The summed E-state index contributed by atoms with van der Waals surface area (Å²) >= 11 is 0. The fraction of sp³-hybridized carbons (Fsp3) is 0.409. The molecule has 0 spiro atoms. The fourth-order valence-corrected chi connectivity index (χ4v) is 4.08. The van der Waals surface area contributed by atoms with Crippen LogP contribution in [0.1, 0.15) is 19.2 Å². The van der Waals surface area contributed by atoms with Gasteiger partial charge in [0.05, 0.1) is 11.0 Å². The summed E-state index contributed by atoms with van der Waals surface area (Å²) in [7, 11) is 0. The van der Waals surface area contributed by atoms with Crippen molar-refractivity contribution in [3.8, 4) is 0 Å². The molecule has 0 bridgehead atoms. The highest BCUT2D eigenvalue weighted by molar-refractivity contribution is 5.76. The minimum Gasteiger partial charge on any atom is -0.369 e. The van der Waals surface area contributed by atoms with Gasteiger partial charge in [-0.3, -0.25) is 4.90 Å². The van der Waals surface area contributed by atoms with Gasteiger partial charge in [-0.25, -0.2) is 13.8 Å². The molecule has 148 valence electrons. The first-order valence-electron chi connectivity index (χ1n) is 9.88. The number of rotatable bonds is 5. The summed E-state index contributed by atoms with van der Waals surface area (Å²) in [5.41, 5.74) is 2.80. The average Bonchev–Trinajstić information content (AvgIpc) is 3.01. The third kappa shape index (κ3) is 3.87. The van der Waals surface area contributed by atoms with Gasteiger partial charge in [0.2, 0.25) is 0 Å². The molecule has 0 radical (unpaired) electrons. The normalized spacial score (nSPS) is 16.6. The van der Waals surface area contributed by atoms with Gasteiger partial charge >= 0.3 is 0 Å². The largest absolute Gasteiger partial charge is 0.369 e. The Balaban J connectivity index is 1.34. The zero-order valence-electron chi connectivity index (χ0n) is 16.4. The summed E-state index contributed by atoms with van der Waals surface area (Å²) in [6.07, 6.45) is 1.01. The maximum atomic E-state index is 13.4. The van der Waals surface area contributed by atoms with Crippen LogP contribution in [0.3, 0.4) is 0 Å². The molecule has 0 saturated carbocycles. The highest BCUT2D eigenvalue weighted by Crippen LogP contribution is 2.21. The Morgan fingerprint density at radius 1 is 0.964 bits per heavy atom. The molecular weight excluding hydrogens is 358 g/mol. The molecule has 4 rings (SSSR count). The van der Waals surface area contributed by atoms with Crippen molar-refractivity contribution in [2.24, 2.45) is 0 Å². The minimum absolute atomic E-state index is 0.193. The molecule has 1 aliphatic heterocycles. The van der Waals surface area contributed by atoms with Crippen LogP contribution >= 0.6 is 0 Å². The lowest BCUT2D eigenvalue weighted by Crippen LogP contribution is -2.49. The minimum atomic E-state index is -0.246. The number of hydrogen-bond acceptors (Lipinski definition) is 3. The van der Waals surface area contributed by atoms with Crippen LogP contribution in [0.15, 0.2) is 42.5 Å². The molecule has 1 fully saturated rings. The maximum Gasteiger partial charge on any atom is 0.125 e. The number of aryl methyl sites for hydroxylation is 2. The molecule has 3 aromatic rings. The quantitative estimate of drug-likeness (QED) is 0.658. The second-order valence-corrected chi connectivity index (χ2v) is 7.58. The topological polar surface area (TPSA) is 24.3 Å². The van der Waals surface area contributed by atoms with E-state index in [0.717, 1.165) is 61.7 Å². The molecule has 1 aliphatic rings. The summed E-state index contributed by atoms with van der Waals surface area (Å²) in [6, 6.07) is 12.0. The van der Waals surface area contributed by atoms with E-state index in [-0.39, 0.29) is 11.6 Å². The van der Waals surface area contributed by atoms with E-state index >= 15 is 0 Å². The van der Waals surface area contributed by atoms with E-state index in [1.165, 1.54) is 24.3 Å². The van der Waals surface area contributed by atoms with Gasteiger partial charge in [-0.15, -0.1) is 0 Å². The van der Waals surface area contributed by atoms with Crippen LogP contribution in [0.5, 0.6) is 0 Å². The van der Waals surface area contributed by atoms with Gasteiger partial charge < -0.3 is 9.47 Å². The summed E-state index contributed by atoms with van der Waals surface area (Å²) in [5.74, 6) is 0.486. The van der Waals surface area contributed by atoms with E-state index < -0.39 is 0 Å². The Kier molecular flexibility index (Phi) is 5.31. The van der Waals surface area contributed by atoms with Crippen LogP contribution < -0.4 is 4.90 Å². The lowest BCUT2D eigenvalue weighted by atomic mass is 10.1. The number of fused-ring (bicyclic) bond motifs is 1. The van der Waals surface area contributed by atoms with Crippen LogP contribution in [0.2, 0.25) is 0 Å². The maximum absolute atomic E-state index is 13.4. The van der Waals surface area contributed by atoms with Crippen molar-refractivity contribution >= 4 is 16.7 Å². The van der Waals surface area contributed by atoms with Crippen LogP contribution in [-0.4, -0.2) is 46.7 Å². The number of nitrogens with zero attached hydrogens (tertiary/aromatic N) is 4. The second kappa shape index (κ2) is 7.87. The zero-order chi connectivity index (χ0) is 19.7. The third-order valence-electron chi connectivity index (χ3n) is 5.80. The van der Waals surface area contributed by atoms with E-state index in [9.17, 15) is 8.78 Å². The number of halogens is 2. The van der Waals surface area contributed by atoms with Crippen molar-refractivity contribution in [1.82, 2.24) is 14.5 Å². The Hall–Kier alpha value is -2.47. The van der Waals surface area contributed by atoms with Crippen LogP contribution in [0, 0.1) is 18.6 Å². The first kappa shape index (κ1) is 18.9. The van der Waals surface area contributed by atoms with E-state index in [0.29, 0.717) is 6.04 Å². The van der Waals surface area contributed by atoms with Gasteiger partial charge in [0.1, 0.15) is 17.5 Å². The molecule has 1 aromatic heterocycles. The molecular formula is C22H26F2N4. The number of benzene rings is 2. The number of imidazole rings is 1. The van der Waals surface area contributed by atoms with Gasteiger partial charge in [-0.05, 0) is 56.7 Å². The predicted octanol–water partition coefficient (Wildman–Crippen LogP) is 4.22. The fourth-order valence-electron chi connectivity index (χ4n) is 4.08. The van der Waals surface area contributed by atoms with Gasteiger partial charge in [-0.1, -0.05) is 0 Å². The Bertz CT molecular complexity index is 943. The van der Waals surface area contributed by atoms with E-state index in [4.69, 9.17) is 0 Å². The first-order valence-corrected chi connectivity index (χ1v) is 9.88. The van der Waals surface area contributed by atoms with Crippen molar-refractivity contribution in [3.05, 3.63) is 59.9 Å². The summed E-state index contributed by atoms with van der Waals surface area (Å²) < 4.78 is 28.7. The standard InChI is InChI=1S/C22H26F2N4/c1-16(9-10-28-17(2)25-21-15-19(24)5-8-22(21)28)26-11-13-27(14-12-26)20-6-3-18(23)4-7-20/h3-8,15-16H,9-14H2,1-2H3. The molecule has 2 heterocycles. The van der Waals surface area contributed by atoms with Crippen molar-refractivity contribution in [3.63, 3.8) is 0 Å². The molecule has 0 aliphatic carbocycles. The summed E-state index contributed by atoms with van der Waals surface area (Å²) in [6.45, 7) is 8.99. The van der Waals surface area contributed by atoms with Gasteiger partial charge in [-0.2, -0.15) is 0 Å². The van der Waals surface area contributed by atoms with Crippen LogP contribution in [0.4, 0.5) is 14.5 Å². The molecule has 4 nitrogen and oxygen atoms in total. The molecule has 6 heteroatoms. The molecule has 2 aromatic carbocycles. The number of piperazine rings is 1. The molecule has 0 amide bonds. The average molecular weight is 384 g/mol. The Morgan fingerprint density at radius 3 is 2.36 bits per heavy atom. The Morgan fingerprint density at radius 2 is 1.64 bits per heavy atom. The highest BCUT2D eigenvalue weighted by Gasteiger charge is 2.21. The van der Waals surface area contributed by atoms with E-state index in [1.807, 2.05) is 25.1 Å². The zero-order valence-corrected chi connectivity index (χ0v) is 16.4. The van der Waals surface area contributed by atoms with E-state index in [1.54, 1.807) is 0 Å². The van der Waals surface area contributed by atoms with E-state index in [2.05, 4.69) is 26.3 Å². The summed E-state index contributed by atoms with van der Waals surface area (Å²) in [5, 5.41) is 0. The molecule has 0 N–H and O–H groups in total. The lowest BCUT2D eigenvalue weighted by Gasteiger charge is -2.39. The monoisotopic (exact) mass is 384 g/mol. The Labute approximate surface area is 164 Å². The smallest absolute Gasteiger partial charge is 0.125 e. The van der Waals surface area contributed by atoms with Gasteiger partial charge in [0.15, 0.2) is 0 Å². The predicted molar refractivity (Wildman–Crippen MR) is 109 cm³/mol. The molecule has 1 saturated heterocycles. The number of hydrogen-bond donors (Lipinski definition) is 0. The first-order chi connectivity index (χ1) is 13.5. The van der Waals surface area contributed by atoms with Crippen molar-refractivity contribution in [2.45, 2.75) is 32.9 Å². The van der Waals surface area contributed by atoms with Crippen LogP contribution in [0.25, 0.3) is 11.0 Å². The number of anilines is 1. The third-order valence-corrected chi connectivity index (χ3v) is 5.80. The van der Waals surface area contributed by atoms with Gasteiger partial charge in [0.25, 0.3) is 0 Å². The molecule has 28 heavy (non-hydrogen) atoms.